The van der Waals surface area contributed by atoms with E-state index in [1.54, 1.807) is 0 Å². The molecule has 1 aliphatic carbocycles. The maximum Gasteiger partial charge on any atom is 0.225 e. The predicted octanol–water partition coefficient (Wildman–Crippen LogP) is 3.87. The molecule has 1 aromatic carbocycles. The van der Waals surface area contributed by atoms with Crippen LogP contribution in [-0.2, 0) is 9.53 Å². The van der Waals surface area contributed by atoms with E-state index >= 15 is 0 Å². The van der Waals surface area contributed by atoms with Crippen LogP contribution >= 0.6 is 0 Å². The molecule has 3 aliphatic rings. The minimum absolute atomic E-state index is 0.238. The van der Waals surface area contributed by atoms with Crippen LogP contribution in [0.15, 0.2) is 30.5 Å². The highest BCUT2D eigenvalue weighted by molar-refractivity contribution is 5.79. The lowest BCUT2D eigenvalue weighted by molar-refractivity contribution is -0.141. The Kier molecular flexibility index (Phi) is 4.25. The average Bonchev–Trinajstić information content (AvgIpc) is 3.32. The van der Waals surface area contributed by atoms with E-state index in [0.29, 0.717) is 18.0 Å². The molecule has 1 unspecified atom stereocenters. The Morgan fingerprint density at radius 1 is 1.20 bits per heavy atom. The Balaban J connectivity index is 1.44. The molecule has 2 aliphatic heterocycles. The molecule has 4 nitrogen and oxygen atoms in total. The van der Waals surface area contributed by atoms with Gasteiger partial charge in [0.15, 0.2) is 0 Å². The molecule has 1 amide bonds. The van der Waals surface area contributed by atoms with Crippen molar-refractivity contribution >= 4 is 11.5 Å². The van der Waals surface area contributed by atoms with E-state index in [1.807, 2.05) is 30.5 Å². The van der Waals surface area contributed by atoms with Gasteiger partial charge < -0.3 is 9.64 Å². The summed E-state index contributed by atoms with van der Waals surface area (Å²) >= 11 is 0. The van der Waals surface area contributed by atoms with Crippen molar-refractivity contribution in [1.82, 2.24) is 4.90 Å². The normalized spacial score (nSPS) is 26.4. The SMILES string of the molecule is N#Cc1ccc(C2=COC3(CCCN(C(=O)C4CCCC4)C3)C2)cc1. The summed E-state index contributed by atoms with van der Waals surface area (Å²) in [5, 5.41) is 8.94. The van der Waals surface area contributed by atoms with Gasteiger partial charge in [-0.25, -0.2) is 0 Å². The van der Waals surface area contributed by atoms with E-state index in [2.05, 4.69) is 11.0 Å². The van der Waals surface area contributed by atoms with Gasteiger partial charge in [-0.3, -0.25) is 4.79 Å². The summed E-state index contributed by atoms with van der Waals surface area (Å²) in [5.74, 6) is 0.578. The second kappa shape index (κ2) is 6.55. The van der Waals surface area contributed by atoms with Gasteiger partial charge in [-0.15, -0.1) is 0 Å². The molecule has 1 spiro atoms. The Morgan fingerprint density at radius 2 is 1.96 bits per heavy atom. The Labute approximate surface area is 149 Å². The first-order valence-corrected chi connectivity index (χ1v) is 9.35. The minimum Gasteiger partial charge on any atom is -0.492 e. The van der Waals surface area contributed by atoms with Crippen molar-refractivity contribution in [2.45, 2.75) is 50.5 Å². The van der Waals surface area contributed by atoms with Crippen LogP contribution in [0.25, 0.3) is 5.57 Å². The highest BCUT2D eigenvalue weighted by atomic mass is 16.5. The van der Waals surface area contributed by atoms with Crippen molar-refractivity contribution in [3.8, 4) is 6.07 Å². The molecule has 130 valence electrons. The van der Waals surface area contributed by atoms with Crippen molar-refractivity contribution in [3.63, 3.8) is 0 Å². The van der Waals surface area contributed by atoms with Crippen molar-refractivity contribution in [1.29, 1.82) is 5.26 Å². The summed E-state index contributed by atoms with van der Waals surface area (Å²) in [4.78, 5) is 14.8. The van der Waals surface area contributed by atoms with Gasteiger partial charge in [0, 0.05) is 18.9 Å². The van der Waals surface area contributed by atoms with E-state index in [-0.39, 0.29) is 11.5 Å². The lowest BCUT2D eigenvalue weighted by Crippen LogP contribution is -2.51. The first-order valence-electron chi connectivity index (χ1n) is 9.35. The molecule has 25 heavy (non-hydrogen) atoms. The van der Waals surface area contributed by atoms with Gasteiger partial charge in [0.05, 0.1) is 24.4 Å². The number of carbonyl (C=O) groups excluding carboxylic acids is 1. The molecule has 0 aromatic heterocycles. The number of ether oxygens (including phenoxy) is 1. The summed E-state index contributed by atoms with van der Waals surface area (Å²) in [6.45, 7) is 1.57. The molecule has 1 saturated carbocycles. The van der Waals surface area contributed by atoms with Crippen LogP contribution in [0.4, 0.5) is 0 Å². The molecule has 1 aromatic rings. The number of nitrogens with zero attached hydrogens (tertiary/aromatic N) is 2. The summed E-state index contributed by atoms with van der Waals surface area (Å²) in [6, 6.07) is 9.81. The first-order chi connectivity index (χ1) is 12.2. The molecule has 1 atom stereocenters. The molecule has 0 bridgehead atoms. The van der Waals surface area contributed by atoms with Crippen LogP contribution < -0.4 is 0 Å². The zero-order chi connectivity index (χ0) is 17.3. The Hall–Kier alpha value is -2.28. The van der Waals surface area contributed by atoms with Gasteiger partial charge in [0.1, 0.15) is 5.60 Å². The molecule has 1 saturated heterocycles. The largest absolute Gasteiger partial charge is 0.492 e. The highest BCUT2D eigenvalue weighted by Crippen LogP contribution is 2.41. The standard InChI is InChI=1S/C21H24N2O2/c22-13-16-6-8-17(9-7-16)19-12-21(25-14-19)10-3-11-23(15-21)20(24)18-4-1-2-5-18/h6-9,14,18H,1-5,10-12,15H2. The number of hydrogen-bond acceptors (Lipinski definition) is 3. The number of nitriles is 1. The Morgan fingerprint density at radius 3 is 2.68 bits per heavy atom. The van der Waals surface area contributed by atoms with E-state index in [4.69, 9.17) is 10.00 Å². The molecular formula is C21H24N2O2. The first kappa shape index (κ1) is 16.2. The minimum atomic E-state index is -0.254. The van der Waals surface area contributed by atoms with Crippen LogP contribution in [0, 0.1) is 17.2 Å². The fourth-order valence-electron chi connectivity index (χ4n) is 4.51. The van der Waals surface area contributed by atoms with Gasteiger partial charge in [-0.2, -0.15) is 5.26 Å². The van der Waals surface area contributed by atoms with Crippen molar-refractivity contribution < 1.29 is 9.53 Å². The monoisotopic (exact) mass is 336 g/mol. The lowest BCUT2D eigenvalue weighted by Gasteiger charge is -2.40. The maximum atomic E-state index is 12.8. The van der Waals surface area contributed by atoms with Crippen molar-refractivity contribution in [2.75, 3.05) is 13.1 Å². The van der Waals surface area contributed by atoms with Crippen LogP contribution in [-0.4, -0.2) is 29.5 Å². The lowest BCUT2D eigenvalue weighted by atomic mass is 9.85. The zero-order valence-corrected chi connectivity index (χ0v) is 14.5. The molecular weight excluding hydrogens is 312 g/mol. The maximum absolute atomic E-state index is 12.8. The number of carbonyl (C=O) groups is 1. The number of likely N-dealkylation sites (tertiary alicyclic amines) is 1. The summed E-state index contributed by atoms with van der Waals surface area (Å²) in [6.07, 6.45) is 9.20. The van der Waals surface area contributed by atoms with Crippen LogP contribution in [0.2, 0.25) is 0 Å². The summed E-state index contributed by atoms with van der Waals surface area (Å²) < 4.78 is 6.13. The third-order valence-corrected chi connectivity index (χ3v) is 5.90. The van der Waals surface area contributed by atoms with Crippen molar-refractivity contribution in [3.05, 3.63) is 41.7 Å². The number of hydrogen-bond donors (Lipinski definition) is 0. The van der Waals surface area contributed by atoms with E-state index < -0.39 is 0 Å². The number of amides is 1. The van der Waals surface area contributed by atoms with Crippen LogP contribution in [0.1, 0.15) is 56.1 Å². The van der Waals surface area contributed by atoms with Gasteiger partial charge in [0.2, 0.25) is 5.91 Å². The second-order valence-electron chi connectivity index (χ2n) is 7.65. The van der Waals surface area contributed by atoms with Crippen LogP contribution in [0.5, 0.6) is 0 Å². The zero-order valence-electron chi connectivity index (χ0n) is 14.5. The summed E-state index contributed by atoms with van der Waals surface area (Å²) in [5.41, 5.74) is 2.69. The second-order valence-corrected chi connectivity index (χ2v) is 7.65. The highest BCUT2D eigenvalue weighted by Gasteiger charge is 2.43. The van der Waals surface area contributed by atoms with Gasteiger partial charge in [-0.05, 0) is 49.0 Å². The smallest absolute Gasteiger partial charge is 0.225 e. The number of rotatable bonds is 2. The predicted molar refractivity (Wildman–Crippen MR) is 95.3 cm³/mol. The molecule has 4 rings (SSSR count). The third kappa shape index (κ3) is 3.16. The van der Waals surface area contributed by atoms with E-state index in [1.165, 1.54) is 18.4 Å². The molecule has 4 heteroatoms. The quantitative estimate of drug-likeness (QED) is 0.824. The average molecular weight is 336 g/mol. The molecule has 2 heterocycles. The fraction of sp³-hybridized carbons (Fsp3) is 0.524. The van der Waals surface area contributed by atoms with Gasteiger partial charge in [0.25, 0.3) is 0 Å². The molecule has 2 fully saturated rings. The third-order valence-electron chi connectivity index (χ3n) is 5.90. The van der Waals surface area contributed by atoms with Crippen molar-refractivity contribution in [2.24, 2.45) is 5.92 Å². The fourth-order valence-corrected chi connectivity index (χ4v) is 4.51. The molecule has 0 N–H and O–H groups in total. The number of benzene rings is 1. The number of piperidine rings is 1. The van der Waals surface area contributed by atoms with Crippen LogP contribution in [0.3, 0.4) is 0 Å². The topological polar surface area (TPSA) is 53.3 Å². The van der Waals surface area contributed by atoms with E-state index in [9.17, 15) is 4.79 Å². The van der Waals surface area contributed by atoms with Gasteiger partial charge in [-0.1, -0.05) is 25.0 Å². The van der Waals surface area contributed by atoms with E-state index in [0.717, 1.165) is 44.2 Å². The molecule has 0 radical (unpaired) electrons. The summed E-state index contributed by atoms with van der Waals surface area (Å²) in [7, 11) is 0. The van der Waals surface area contributed by atoms with Gasteiger partial charge >= 0.3 is 0 Å². The Bertz CT molecular complexity index is 725.